The zero-order valence-electron chi connectivity index (χ0n) is 12.0. The highest BCUT2D eigenvalue weighted by molar-refractivity contribution is 7.97. The maximum atomic E-state index is 10.4. The predicted octanol–water partition coefficient (Wildman–Crippen LogP) is 2.89. The van der Waals surface area contributed by atoms with Crippen molar-refractivity contribution in [1.82, 2.24) is 9.62 Å². The number of amides is 1. The molecule has 1 aromatic rings. The Kier molecular flexibility index (Phi) is 7.25. The fourth-order valence-electron chi connectivity index (χ4n) is 1.71. The average Bonchev–Trinajstić information content (AvgIpc) is 2.36. The third-order valence-electron chi connectivity index (χ3n) is 2.54. The maximum Gasteiger partial charge on any atom is 0.404 e. The van der Waals surface area contributed by atoms with Gasteiger partial charge in [0.15, 0.2) is 0 Å². The van der Waals surface area contributed by atoms with Crippen LogP contribution in [0, 0.1) is 5.92 Å². The van der Waals surface area contributed by atoms with Crippen molar-refractivity contribution in [2.45, 2.75) is 25.2 Å². The number of hydrogen-bond donors (Lipinski definition) is 3. The highest BCUT2D eigenvalue weighted by Gasteiger charge is 2.09. The van der Waals surface area contributed by atoms with E-state index in [1.54, 1.807) is 11.9 Å². The second-order valence-corrected chi connectivity index (χ2v) is 6.20. The molecule has 1 rings (SSSR count). The number of nitrogens with zero attached hydrogens (tertiary/aromatic N) is 1. The van der Waals surface area contributed by atoms with Crippen LogP contribution in [-0.2, 0) is 0 Å². The lowest BCUT2D eigenvalue weighted by Crippen LogP contribution is -2.27. The van der Waals surface area contributed by atoms with Crippen LogP contribution in [0.1, 0.15) is 20.3 Å². The van der Waals surface area contributed by atoms with Gasteiger partial charge < -0.3 is 16.2 Å². The number of anilines is 1. The van der Waals surface area contributed by atoms with Crippen LogP contribution in [0.25, 0.3) is 0 Å². The highest BCUT2D eigenvalue weighted by atomic mass is 32.2. The molecule has 0 saturated carbocycles. The minimum absolute atomic E-state index is 0.478. The Morgan fingerprint density at radius 2 is 2.05 bits per heavy atom. The normalized spacial score (nSPS) is 11.0. The van der Waals surface area contributed by atoms with E-state index in [1.165, 1.54) is 0 Å². The smallest absolute Gasteiger partial charge is 0.404 e. The van der Waals surface area contributed by atoms with Crippen molar-refractivity contribution >= 4 is 23.7 Å². The molecule has 5 nitrogen and oxygen atoms in total. The molecule has 0 aliphatic carbocycles. The van der Waals surface area contributed by atoms with Gasteiger partial charge in [-0.3, -0.25) is 0 Å². The van der Waals surface area contributed by atoms with Gasteiger partial charge in [0, 0.05) is 30.2 Å². The number of benzene rings is 1. The van der Waals surface area contributed by atoms with Crippen molar-refractivity contribution in [2.75, 3.05) is 25.4 Å². The summed E-state index contributed by atoms with van der Waals surface area (Å²) in [6, 6.07) is 7.79. The molecule has 0 spiro atoms. The molecule has 0 aliphatic rings. The first-order valence-electron chi connectivity index (χ1n) is 6.72. The third-order valence-corrected chi connectivity index (χ3v) is 3.62. The molecule has 4 N–H and O–H groups in total. The Morgan fingerprint density at radius 1 is 1.40 bits per heavy atom. The van der Waals surface area contributed by atoms with Crippen LogP contribution in [0.5, 0.6) is 0 Å². The standard InChI is InChI=1S/C14H23N3O2S/c1-11(2)10-17(9-3-8-16-14(18)19)20-13-6-4-12(15)5-7-13/h4-7,11,16H,3,8-10,15H2,1-2H3,(H,18,19). The SMILES string of the molecule is CC(C)CN(CCCNC(=O)O)Sc1ccc(N)cc1. The Balaban J connectivity index is 2.46. The van der Waals surface area contributed by atoms with Crippen LogP contribution < -0.4 is 11.1 Å². The van der Waals surface area contributed by atoms with Crippen molar-refractivity contribution in [2.24, 2.45) is 5.92 Å². The molecule has 0 saturated heterocycles. The first-order valence-corrected chi connectivity index (χ1v) is 7.50. The summed E-state index contributed by atoms with van der Waals surface area (Å²) < 4.78 is 2.26. The maximum absolute atomic E-state index is 10.4. The van der Waals surface area contributed by atoms with Gasteiger partial charge in [-0.25, -0.2) is 9.10 Å². The van der Waals surface area contributed by atoms with E-state index >= 15 is 0 Å². The summed E-state index contributed by atoms with van der Waals surface area (Å²) in [5.41, 5.74) is 6.44. The minimum Gasteiger partial charge on any atom is -0.465 e. The molecule has 20 heavy (non-hydrogen) atoms. The quantitative estimate of drug-likeness (QED) is 0.391. The number of carbonyl (C=O) groups is 1. The van der Waals surface area contributed by atoms with Gasteiger partial charge in [0.25, 0.3) is 0 Å². The van der Waals surface area contributed by atoms with Crippen LogP contribution >= 0.6 is 11.9 Å². The van der Waals surface area contributed by atoms with E-state index in [-0.39, 0.29) is 0 Å². The second kappa shape index (κ2) is 8.71. The molecule has 6 heteroatoms. The lowest BCUT2D eigenvalue weighted by Gasteiger charge is -2.23. The minimum atomic E-state index is -0.966. The largest absolute Gasteiger partial charge is 0.465 e. The van der Waals surface area contributed by atoms with Crippen LogP contribution in [0.4, 0.5) is 10.5 Å². The second-order valence-electron chi connectivity index (χ2n) is 5.03. The summed E-state index contributed by atoms with van der Waals surface area (Å²) >= 11 is 1.69. The summed E-state index contributed by atoms with van der Waals surface area (Å²) in [5, 5.41) is 10.9. The van der Waals surface area contributed by atoms with E-state index in [4.69, 9.17) is 10.8 Å². The Bertz CT molecular complexity index is 409. The van der Waals surface area contributed by atoms with E-state index in [9.17, 15) is 4.79 Å². The molecular weight excluding hydrogens is 274 g/mol. The molecule has 0 atom stereocenters. The lowest BCUT2D eigenvalue weighted by molar-refractivity contribution is 0.194. The highest BCUT2D eigenvalue weighted by Crippen LogP contribution is 2.24. The molecular formula is C14H23N3O2S. The summed E-state index contributed by atoms with van der Waals surface area (Å²) in [7, 11) is 0. The summed E-state index contributed by atoms with van der Waals surface area (Å²) in [4.78, 5) is 11.5. The van der Waals surface area contributed by atoms with Gasteiger partial charge in [-0.05, 0) is 48.6 Å². The topological polar surface area (TPSA) is 78.6 Å². The lowest BCUT2D eigenvalue weighted by atomic mass is 10.2. The van der Waals surface area contributed by atoms with Crippen LogP contribution in [-0.4, -0.2) is 35.1 Å². The summed E-state index contributed by atoms with van der Waals surface area (Å²) in [6.45, 7) is 6.62. The molecule has 0 aliphatic heterocycles. The van der Waals surface area contributed by atoms with Crippen LogP contribution in [0.2, 0.25) is 0 Å². The molecule has 0 aromatic heterocycles. The van der Waals surface area contributed by atoms with Crippen molar-refractivity contribution < 1.29 is 9.90 Å². The van der Waals surface area contributed by atoms with Crippen LogP contribution in [0.3, 0.4) is 0 Å². The molecule has 1 aromatic carbocycles. The number of nitrogens with one attached hydrogen (secondary N) is 1. The molecule has 112 valence electrons. The zero-order chi connectivity index (χ0) is 15.0. The molecule has 0 fully saturated rings. The first-order chi connectivity index (χ1) is 9.47. The van der Waals surface area contributed by atoms with E-state index in [0.717, 1.165) is 30.1 Å². The van der Waals surface area contributed by atoms with Crippen molar-refractivity contribution in [1.29, 1.82) is 0 Å². The van der Waals surface area contributed by atoms with E-state index in [2.05, 4.69) is 23.5 Å². The number of hydrogen-bond acceptors (Lipinski definition) is 4. The van der Waals surface area contributed by atoms with Gasteiger partial charge in [0.05, 0.1) is 0 Å². The Morgan fingerprint density at radius 3 is 2.60 bits per heavy atom. The van der Waals surface area contributed by atoms with Gasteiger partial charge >= 0.3 is 6.09 Å². The number of nitrogens with two attached hydrogens (primary N) is 1. The van der Waals surface area contributed by atoms with Gasteiger partial charge in [-0.1, -0.05) is 13.8 Å². The first kappa shape index (κ1) is 16.7. The average molecular weight is 297 g/mol. The molecule has 1 amide bonds. The third kappa shape index (κ3) is 7.25. The molecule has 0 bridgehead atoms. The van der Waals surface area contributed by atoms with Crippen molar-refractivity contribution in [3.8, 4) is 0 Å². The van der Waals surface area contributed by atoms with Crippen LogP contribution in [0.15, 0.2) is 29.2 Å². The molecule has 0 radical (unpaired) electrons. The Hall–Kier alpha value is -1.40. The monoisotopic (exact) mass is 297 g/mol. The summed E-state index contributed by atoms with van der Waals surface area (Å²) in [5.74, 6) is 0.559. The Labute approximate surface area is 124 Å². The van der Waals surface area contributed by atoms with E-state index < -0.39 is 6.09 Å². The predicted molar refractivity (Wildman–Crippen MR) is 83.8 cm³/mol. The van der Waals surface area contributed by atoms with Crippen molar-refractivity contribution in [3.05, 3.63) is 24.3 Å². The van der Waals surface area contributed by atoms with Gasteiger partial charge in [-0.2, -0.15) is 0 Å². The molecule has 0 unspecified atom stereocenters. The van der Waals surface area contributed by atoms with Gasteiger partial charge in [0.2, 0.25) is 0 Å². The van der Waals surface area contributed by atoms with Gasteiger partial charge in [0.1, 0.15) is 0 Å². The number of rotatable bonds is 8. The number of nitrogen functional groups attached to an aromatic ring is 1. The zero-order valence-corrected chi connectivity index (χ0v) is 12.8. The van der Waals surface area contributed by atoms with Gasteiger partial charge in [-0.15, -0.1) is 0 Å². The van der Waals surface area contributed by atoms with E-state index in [1.807, 2.05) is 24.3 Å². The molecule has 0 heterocycles. The van der Waals surface area contributed by atoms with E-state index in [0.29, 0.717) is 12.5 Å². The fourth-order valence-corrected chi connectivity index (χ4v) is 2.86. The van der Waals surface area contributed by atoms with Crippen molar-refractivity contribution in [3.63, 3.8) is 0 Å². The number of carboxylic acid groups (broad SMARTS) is 1. The summed E-state index contributed by atoms with van der Waals surface area (Å²) in [6.07, 6.45) is -0.173. The fraction of sp³-hybridized carbons (Fsp3) is 0.500.